The Balaban J connectivity index is 0.00000128. The summed E-state index contributed by atoms with van der Waals surface area (Å²) in [5.41, 5.74) is 0. The van der Waals surface area contributed by atoms with Crippen molar-refractivity contribution in [2.75, 3.05) is 13.7 Å². The van der Waals surface area contributed by atoms with Gasteiger partial charge in [0, 0.05) is 18.3 Å². The largest absolute Gasteiger partial charge is 0.490 e. The van der Waals surface area contributed by atoms with E-state index >= 15 is 0 Å². The summed E-state index contributed by atoms with van der Waals surface area (Å²) in [6, 6.07) is 5.09. The smallest absolute Gasteiger partial charge is 0.137 e. The number of aromatic nitrogens is 1. The predicted molar refractivity (Wildman–Crippen MR) is 74.5 cm³/mol. The van der Waals surface area contributed by atoms with Gasteiger partial charge in [-0.05, 0) is 38.9 Å². The molecule has 0 N–H and O–H groups in total. The summed E-state index contributed by atoms with van der Waals surface area (Å²) in [5, 5.41) is 0. The van der Waals surface area contributed by atoms with Crippen LogP contribution in [0.2, 0.25) is 0 Å². The fraction of sp³-hybridized carbons (Fsp3) is 0.583. The molecule has 0 aliphatic carbocycles. The molecule has 0 amide bonds. The van der Waals surface area contributed by atoms with Crippen LogP contribution in [0.3, 0.4) is 0 Å². The summed E-state index contributed by atoms with van der Waals surface area (Å²) in [6.45, 7) is 3.04. The molecule has 3 nitrogen and oxygen atoms in total. The molecule has 2 rings (SSSR count). The molecule has 5 heteroatoms. The third-order valence-electron chi connectivity index (χ3n) is 3.27. The van der Waals surface area contributed by atoms with Gasteiger partial charge < -0.3 is 4.74 Å². The molecule has 17 heavy (non-hydrogen) atoms. The summed E-state index contributed by atoms with van der Waals surface area (Å²) in [7, 11) is 2.18. The lowest BCUT2D eigenvalue weighted by Gasteiger charge is -2.23. The lowest BCUT2D eigenvalue weighted by Crippen LogP contribution is -2.34. The zero-order valence-electron chi connectivity index (χ0n) is 10.2. The number of pyridine rings is 1. The first-order valence-electron chi connectivity index (χ1n) is 5.52. The average Bonchev–Trinajstić information content (AvgIpc) is 2.59. The SMILES string of the molecule is CC1CC[C@@H](COc2cccnc2)N1C.Cl.Cl. The summed E-state index contributed by atoms with van der Waals surface area (Å²) < 4.78 is 5.70. The minimum absolute atomic E-state index is 0. The second-order valence-corrected chi connectivity index (χ2v) is 4.25. The van der Waals surface area contributed by atoms with Gasteiger partial charge in [-0.25, -0.2) is 0 Å². The van der Waals surface area contributed by atoms with E-state index in [0.29, 0.717) is 12.1 Å². The fourth-order valence-electron chi connectivity index (χ4n) is 2.03. The number of ether oxygens (including phenoxy) is 1. The minimum atomic E-state index is 0. The number of rotatable bonds is 3. The Kier molecular flexibility index (Phi) is 7.51. The van der Waals surface area contributed by atoms with Gasteiger partial charge >= 0.3 is 0 Å². The number of likely N-dealkylation sites (tertiary alicyclic amines) is 1. The van der Waals surface area contributed by atoms with E-state index in [1.807, 2.05) is 12.1 Å². The van der Waals surface area contributed by atoms with Crippen molar-refractivity contribution in [3.05, 3.63) is 24.5 Å². The maximum Gasteiger partial charge on any atom is 0.137 e. The highest BCUT2D eigenvalue weighted by molar-refractivity contribution is 5.85. The Labute approximate surface area is 115 Å². The fourth-order valence-corrected chi connectivity index (χ4v) is 2.03. The average molecular weight is 279 g/mol. The van der Waals surface area contributed by atoms with Gasteiger partial charge in [-0.2, -0.15) is 0 Å². The van der Waals surface area contributed by atoms with E-state index in [-0.39, 0.29) is 24.8 Å². The van der Waals surface area contributed by atoms with Crippen LogP contribution < -0.4 is 4.74 Å². The molecule has 0 bridgehead atoms. The van der Waals surface area contributed by atoms with Gasteiger partial charge in [0.1, 0.15) is 12.4 Å². The van der Waals surface area contributed by atoms with E-state index < -0.39 is 0 Å². The summed E-state index contributed by atoms with van der Waals surface area (Å²) >= 11 is 0. The quantitative estimate of drug-likeness (QED) is 0.850. The lowest BCUT2D eigenvalue weighted by atomic mass is 10.2. The van der Waals surface area contributed by atoms with Crippen molar-refractivity contribution < 1.29 is 4.74 Å². The molecule has 1 unspecified atom stereocenters. The molecule has 1 aliphatic rings. The Morgan fingerprint density at radius 1 is 1.41 bits per heavy atom. The van der Waals surface area contributed by atoms with Crippen molar-refractivity contribution in [3.8, 4) is 5.75 Å². The molecule has 0 radical (unpaired) electrons. The molecule has 0 spiro atoms. The molecule has 98 valence electrons. The molecule has 2 atom stereocenters. The molecule has 0 saturated carbocycles. The second-order valence-electron chi connectivity index (χ2n) is 4.25. The van der Waals surface area contributed by atoms with Crippen LogP contribution in [0.1, 0.15) is 19.8 Å². The van der Waals surface area contributed by atoms with Gasteiger partial charge in [-0.1, -0.05) is 0 Å². The number of hydrogen-bond acceptors (Lipinski definition) is 3. The van der Waals surface area contributed by atoms with Gasteiger partial charge in [0.2, 0.25) is 0 Å². The van der Waals surface area contributed by atoms with E-state index in [1.165, 1.54) is 12.8 Å². The number of nitrogens with zero attached hydrogens (tertiary/aromatic N) is 2. The van der Waals surface area contributed by atoms with E-state index in [4.69, 9.17) is 4.74 Å². The Morgan fingerprint density at radius 2 is 2.18 bits per heavy atom. The molecule has 1 saturated heterocycles. The molecular weight excluding hydrogens is 259 g/mol. The van der Waals surface area contributed by atoms with Crippen LogP contribution in [0, 0.1) is 0 Å². The molecule has 0 aromatic carbocycles. The van der Waals surface area contributed by atoms with E-state index in [1.54, 1.807) is 12.4 Å². The standard InChI is InChI=1S/C12H18N2O.2ClH/c1-10-5-6-11(14(10)2)9-15-12-4-3-7-13-8-12;;/h3-4,7-8,10-11H,5-6,9H2,1-2H3;2*1H/t10?,11-;;/m0../s1. The van der Waals surface area contributed by atoms with Crippen molar-refractivity contribution >= 4 is 24.8 Å². The lowest BCUT2D eigenvalue weighted by molar-refractivity contribution is 0.174. The van der Waals surface area contributed by atoms with Crippen molar-refractivity contribution in [1.82, 2.24) is 9.88 Å². The van der Waals surface area contributed by atoms with Crippen molar-refractivity contribution in [3.63, 3.8) is 0 Å². The maximum absolute atomic E-state index is 5.70. The normalized spacial score (nSPS) is 23.6. The van der Waals surface area contributed by atoms with Crippen molar-refractivity contribution in [1.29, 1.82) is 0 Å². The predicted octanol–water partition coefficient (Wildman–Crippen LogP) is 2.79. The Morgan fingerprint density at radius 3 is 2.71 bits per heavy atom. The molecular formula is C12H20Cl2N2O. The van der Waals surface area contributed by atoms with E-state index in [9.17, 15) is 0 Å². The summed E-state index contributed by atoms with van der Waals surface area (Å²) in [5.74, 6) is 0.866. The number of hydrogen-bond donors (Lipinski definition) is 0. The zero-order chi connectivity index (χ0) is 10.7. The second kappa shape index (κ2) is 7.75. The van der Waals surface area contributed by atoms with Gasteiger partial charge in [0.15, 0.2) is 0 Å². The van der Waals surface area contributed by atoms with Crippen LogP contribution in [0.15, 0.2) is 24.5 Å². The van der Waals surface area contributed by atoms with Gasteiger partial charge in [-0.3, -0.25) is 9.88 Å². The highest BCUT2D eigenvalue weighted by atomic mass is 35.5. The van der Waals surface area contributed by atoms with Crippen LogP contribution in [-0.4, -0.2) is 35.6 Å². The highest BCUT2D eigenvalue weighted by Crippen LogP contribution is 2.22. The van der Waals surface area contributed by atoms with Crippen LogP contribution in [0.5, 0.6) is 5.75 Å². The van der Waals surface area contributed by atoms with Gasteiger partial charge in [0.25, 0.3) is 0 Å². The van der Waals surface area contributed by atoms with Gasteiger partial charge in [0.05, 0.1) is 6.20 Å². The summed E-state index contributed by atoms with van der Waals surface area (Å²) in [4.78, 5) is 6.42. The molecule has 1 aromatic heterocycles. The molecule has 1 fully saturated rings. The van der Waals surface area contributed by atoms with Crippen LogP contribution in [0.25, 0.3) is 0 Å². The highest BCUT2D eigenvalue weighted by Gasteiger charge is 2.27. The Hall–Kier alpha value is -0.510. The zero-order valence-corrected chi connectivity index (χ0v) is 11.8. The van der Waals surface area contributed by atoms with Crippen LogP contribution >= 0.6 is 24.8 Å². The molecule has 1 aromatic rings. The van der Waals surface area contributed by atoms with Crippen LogP contribution in [-0.2, 0) is 0 Å². The van der Waals surface area contributed by atoms with Crippen molar-refractivity contribution in [2.24, 2.45) is 0 Å². The topological polar surface area (TPSA) is 25.4 Å². The minimum Gasteiger partial charge on any atom is -0.490 e. The summed E-state index contributed by atoms with van der Waals surface area (Å²) in [6.07, 6.45) is 6.03. The Bertz CT molecular complexity index is 311. The third-order valence-corrected chi connectivity index (χ3v) is 3.27. The monoisotopic (exact) mass is 278 g/mol. The van der Waals surface area contributed by atoms with Crippen LogP contribution in [0.4, 0.5) is 0 Å². The van der Waals surface area contributed by atoms with E-state index in [2.05, 4.69) is 23.9 Å². The third kappa shape index (κ3) is 4.34. The molecule has 1 aliphatic heterocycles. The number of likely N-dealkylation sites (N-methyl/N-ethyl adjacent to an activating group) is 1. The van der Waals surface area contributed by atoms with Crippen molar-refractivity contribution in [2.45, 2.75) is 31.8 Å². The first-order valence-corrected chi connectivity index (χ1v) is 5.52. The first kappa shape index (κ1) is 16.5. The number of halogens is 2. The first-order chi connectivity index (χ1) is 7.27. The maximum atomic E-state index is 5.70. The van der Waals surface area contributed by atoms with E-state index in [0.717, 1.165) is 12.4 Å². The molecule has 2 heterocycles. The van der Waals surface area contributed by atoms with Gasteiger partial charge in [-0.15, -0.1) is 24.8 Å².